The third-order valence-corrected chi connectivity index (χ3v) is 3.08. The normalized spacial score (nSPS) is 12.9. The third kappa shape index (κ3) is 3.21. The van der Waals surface area contributed by atoms with Crippen LogP contribution in [0.25, 0.3) is 0 Å². The minimum atomic E-state index is -0.965. The number of carbonyl (C=O) groups is 1. The molecule has 0 bridgehead atoms. The van der Waals surface area contributed by atoms with E-state index in [9.17, 15) is 9.90 Å². The Balaban J connectivity index is 2.85. The zero-order valence-electron chi connectivity index (χ0n) is 9.21. The van der Waals surface area contributed by atoms with Crippen LogP contribution in [0, 0.1) is 5.92 Å². The van der Waals surface area contributed by atoms with E-state index in [1.807, 2.05) is 0 Å². The van der Waals surface area contributed by atoms with Crippen LogP contribution in [0.4, 0.5) is 0 Å². The van der Waals surface area contributed by atoms with Gasteiger partial charge in [0.2, 0.25) is 0 Å². The lowest BCUT2D eigenvalue weighted by molar-refractivity contribution is -0.128. The lowest BCUT2D eigenvalue weighted by atomic mass is 9.98. The standard InChI is InChI=1S/C12H14Cl2O2/c1-7(2)12(16)11(15)6-8-9(13)4-3-5-10(8)14/h3-5,7,12,16H,6H2,1-2H3. The van der Waals surface area contributed by atoms with Crippen LogP contribution in [-0.2, 0) is 11.2 Å². The summed E-state index contributed by atoms with van der Waals surface area (Å²) in [5.74, 6) is -0.362. The van der Waals surface area contributed by atoms with Crippen molar-refractivity contribution in [1.82, 2.24) is 0 Å². The molecule has 1 aromatic rings. The van der Waals surface area contributed by atoms with Crippen molar-refractivity contribution in [2.75, 3.05) is 0 Å². The Labute approximate surface area is 105 Å². The van der Waals surface area contributed by atoms with E-state index < -0.39 is 6.10 Å². The molecule has 0 amide bonds. The van der Waals surface area contributed by atoms with Crippen LogP contribution in [-0.4, -0.2) is 17.0 Å². The first-order valence-corrected chi connectivity index (χ1v) is 5.82. The number of halogens is 2. The van der Waals surface area contributed by atoms with Gasteiger partial charge in [0.1, 0.15) is 6.10 Å². The van der Waals surface area contributed by atoms with Gasteiger partial charge in [-0.2, -0.15) is 0 Å². The van der Waals surface area contributed by atoms with Crippen molar-refractivity contribution in [3.8, 4) is 0 Å². The summed E-state index contributed by atoms with van der Waals surface area (Å²) >= 11 is 11.9. The van der Waals surface area contributed by atoms with Crippen LogP contribution in [0.2, 0.25) is 10.0 Å². The zero-order valence-corrected chi connectivity index (χ0v) is 10.7. The van der Waals surface area contributed by atoms with Crippen LogP contribution in [0.3, 0.4) is 0 Å². The van der Waals surface area contributed by atoms with Crippen molar-refractivity contribution in [2.45, 2.75) is 26.4 Å². The molecule has 0 heterocycles. The van der Waals surface area contributed by atoms with E-state index in [1.54, 1.807) is 32.0 Å². The van der Waals surface area contributed by atoms with Crippen LogP contribution in [0.5, 0.6) is 0 Å². The van der Waals surface area contributed by atoms with Gasteiger partial charge in [-0.1, -0.05) is 43.1 Å². The molecule has 0 saturated carbocycles. The van der Waals surface area contributed by atoms with Crippen molar-refractivity contribution < 1.29 is 9.90 Å². The number of aliphatic hydroxyl groups excluding tert-OH is 1. The highest BCUT2D eigenvalue weighted by molar-refractivity contribution is 6.36. The number of aliphatic hydroxyl groups is 1. The van der Waals surface area contributed by atoms with Gasteiger partial charge in [-0.05, 0) is 23.6 Å². The van der Waals surface area contributed by atoms with E-state index >= 15 is 0 Å². The fourth-order valence-corrected chi connectivity index (χ4v) is 1.88. The molecule has 0 saturated heterocycles. The summed E-state index contributed by atoms with van der Waals surface area (Å²) in [7, 11) is 0. The summed E-state index contributed by atoms with van der Waals surface area (Å²) < 4.78 is 0. The molecule has 1 unspecified atom stereocenters. The van der Waals surface area contributed by atoms with Gasteiger partial charge < -0.3 is 5.11 Å². The Bertz CT molecular complexity index is 368. The van der Waals surface area contributed by atoms with Crippen molar-refractivity contribution in [2.24, 2.45) is 5.92 Å². The monoisotopic (exact) mass is 260 g/mol. The maximum atomic E-state index is 11.7. The molecule has 0 fully saturated rings. The van der Waals surface area contributed by atoms with Crippen molar-refractivity contribution in [3.05, 3.63) is 33.8 Å². The molecule has 2 nitrogen and oxygen atoms in total. The van der Waals surface area contributed by atoms with Crippen LogP contribution in [0.15, 0.2) is 18.2 Å². The maximum absolute atomic E-state index is 11.7. The smallest absolute Gasteiger partial charge is 0.165 e. The van der Waals surface area contributed by atoms with E-state index in [0.29, 0.717) is 15.6 Å². The Morgan fingerprint density at radius 1 is 1.31 bits per heavy atom. The number of benzene rings is 1. The summed E-state index contributed by atoms with van der Waals surface area (Å²) in [6.45, 7) is 3.58. The highest BCUT2D eigenvalue weighted by Gasteiger charge is 2.20. The van der Waals surface area contributed by atoms with Crippen molar-refractivity contribution in [3.63, 3.8) is 0 Å². The highest BCUT2D eigenvalue weighted by atomic mass is 35.5. The van der Waals surface area contributed by atoms with Crippen LogP contribution < -0.4 is 0 Å². The average molecular weight is 261 g/mol. The number of ketones is 1. The summed E-state index contributed by atoms with van der Waals surface area (Å²) in [5, 5.41) is 10.5. The largest absolute Gasteiger partial charge is 0.385 e. The maximum Gasteiger partial charge on any atom is 0.165 e. The minimum absolute atomic E-state index is 0.0673. The molecular weight excluding hydrogens is 247 g/mol. The zero-order chi connectivity index (χ0) is 12.3. The fourth-order valence-electron chi connectivity index (χ4n) is 1.35. The lowest BCUT2D eigenvalue weighted by Gasteiger charge is -2.14. The molecule has 0 aromatic heterocycles. The summed E-state index contributed by atoms with van der Waals surface area (Å²) in [5.41, 5.74) is 0.579. The fraction of sp³-hybridized carbons (Fsp3) is 0.417. The Morgan fingerprint density at radius 3 is 2.25 bits per heavy atom. The lowest BCUT2D eigenvalue weighted by Crippen LogP contribution is -2.27. The van der Waals surface area contributed by atoms with Gasteiger partial charge in [0, 0.05) is 16.5 Å². The molecule has 0 radical (unpaired) electrons. The summed E-state index contributed by atoms with van der Waals surface area (Å²) in [6, 6.07) is 5.08. The molecule has 1 N–H and O–H groups in total. The first-order chi connectivity index (χ1) is 7.43. The second-order valence-corrected chi connectivity index (χ2v) is 4.85. The number of hydrogen-bond donors (Lipinski definition) is 1. The first-order valence-electron chi connectivity index (χ1n) is 5.07. The Morgan fingerprint density at radius 2 is 1.81 bits per heavy atom. The van der Waals surface area contributed by atoms with Gasteiger partial charge >= 0.3 is 0 Å². The van der Waals surface area contributed by atoms with Gasteiger partial charge in [-0.15, -0.1) is 0 Å². The number of hydrogen-bond acceptors (Lipinski definition) is 2. The number of carbonyl (C=O) groups excluding carboxylic acids is 1. The van der Waals surface area contributed by atoms with E-state index in [-0.39, 0.29) is 18.1 Å². The molecule has 0 aliphatic carbocycles. The second-order valence-electron chi connectivity index (χ2n) is 4.03. The van der Waals surface area contributed by atoms with E-state index in [0.717, 1.165) is 0 Å². The van der Waals surface area contributed by atoms with E-state index in [1.165, 1.54) is 0 Å². The third-order valence-electron chi connectivity index (χ3n) is 2.37. The molecule has 1 aromatic carbocycles. The summed E-state index contributed by atoms with van der Waals surface area (Å²) in [6.07, 6.45) is -0.898. The number of Topliss-reactive ketones (excluding diaryl/α,β-unsaturated/α-hetero) is 1. The predicted octanol–water partition coefficient (Wildman–Crippen LogP) is 3.12. The molecule has 16 heavy (non-hydrogen) atoms. The molecule has 0 aliphatic heterocycles. The molecule has 0 aliphatic rings. The number of rotatable bonds is 4. The quantitative estimate of drug-likeness (QED) is 0.904. The highest BCUT2D eigenvalue weighted by Crippen LogP contribution is 2.25. The SMILES string of the molecule is CC(C)C(O)C(=O)Cc1c(Cl)cccc1Cl. The average Bonchev–Trinajstić information content (AvgIpc) is 2.22. The molecule has 0 spiro atoms. The van der Waals surface area contributed by atoms with Gasteiger partial charge in [-0.3, -0.25) is 4.79 Å². The molecular formula is C12H14Cl2O2. The van der Waals surface area contributed by atoms with Crippen LogP contribution in [0.1, 0.15) is 19.4 Å². The van der Waals surface area contributed by atoms with Gasteiger partial charge in [0.05, 0.1) is 0 Å². The first kappa shape index (κ1) is 13.5. The predicted molar refractivity (Wildman–Crippen MR) is 66.0 cm³/mol. The molecule has 1 rings (SSSR count). The minimum Gasteiger partial charge on any atom is -0.385 e. The van der Waals surface area contributed by atoms with E-state index in [4.69, 9.17) is 23.2 Å². The van der Waals surface area contributed by atoms with Gasteiger partial charge in [0.25, 0.3) is 0 Å². The Kier molecular flexibility index (Phi) is 4.78. The Hall–Kier alpha value is -0.570. The second kappa shape index (κ2) is 5.67. The molecule has 1 atom stereocenters. The topological polar surface area (TPSA) is 37.3 Å². The van der Waals surface area contributed by atoms with Crippen molar-refractivity contribution >= 4 is 29.0 Å². The molecule has 88 valence electrons. The van der Waals surface area contributed by atoms with Gasteiger partial charge in [-0.25, -0.2) is 0 Å². The van der Waals surface area contributed by atoms with Crippen LogP contribution >= 0.6 is 23.2 Å². The summed E-state index contributed by atoms with van der Waals surface area (Å²) in [4.78, 5) is 11.7. The van der Waals surface area contributed by atoms with Crippen molar-refractivity contribution in [1.29, 1.82) is 0 Å². The van der Waals surface area contributed by atoms with E-state index in [2.05, 4.69) is 0 Å². The molecule has 4 heteroatoms. The van der Waals surface area contributed by atoms with Gasteiger partial charge in [0.15, 0.2) is 5.78 Å².